The summed E-state index contributed by atoms with van der Waals surface area (Å²) in [5, 5.41) is 13.1. The van der Waals surface area contributed by atoms with Gasteiger partial charge in [0, 0.05) is 37.1 Å². The Bertz CT molecular complexity index is 484. The van der Waals surface area contributed by atoms with E-state index in [4.69, 9.17) is 4.74 Å². The van der Waals surface area contributed by atoms with Gasteiger partial charge in [0.1, 0.15) is 0 Å². The van der Waals surface area contributed by atoms with E-state index in [2.05, 4.69) is 21.2 Å². The zero-order chi connectivity index (χ0) is 14.6. The highest BCUT2D eigenvalue weighted by molar-refractivity contribution is 9.10. The molecule has 20 heavy (non-hydrogen) atoms. The van der Waals surface area contributed by atoms with Gasteiger partial charge in [0.25, 0.3) is 0 Å². The summed E-state index contributed by atoms with van der Waals surface area (Å²) in [4.78, 5) is 12.0. The van der Waals surface area contributed by atoms with Gasteiger partial charge in [0.05, 0.1) is 12.0 Å². The number of amides is 1. The third kappa shape index (κ3) is 4.30. The number of carbonyl (C=O) groups is 1. The van der Waals surface area contributed by atoms with Crippen LogP contribution in [0.25, 0.3) is 0 Å². The summed E-state index contributed by atoms with van der Waals surface area (Å²) in [7, 11) is 0. The molecule has 4 nitrogen and oxygen atoms in total. The average molecular weight is 342 g/mol. The van der Waals surface area contributed by atoms with Gasteiger partial charge >= 0.3 is 0 Å². The number of ether oxygens (including phenoxy) is 1. The lowest BCUT2D eigenvalue weighted by Crippen LogP contribution is -2.47. The summed E-state index contributed by atoms with van der Waals surface area (Å²) in [6, 6.07) is 5.87. The van der Waals surface area contributed by atoms with Gasteiger partial charge in [-0.15, -0.1) is 0 Å². The van der Waals surface area contributed by atoms with Crippen LogP contribution < -0.4 is 5.32 Å². The van der Waals surface area contributed by atoms with Crippen LogP contribution in [0.2, 0.25) is 0 Å². The van der Waals surface area contributed by atoms with Gasteiger partial charge < -0.3 is 15.2 Å². The molecule has 2 N–H and O–H groups in total. The Morgan fingerprint density at radius 3 is 2.80 bits per heavy atom. The summed E-state index contributed by atoms with van der Waals surface area (Å²) < 4.78 is 6.23. The van der Waals surface area contributed by atoms with Gasteiger partial charge in [0.15, 0.2) is 0 Å². The van der Waals surface area contributed by atoms with Crippen molar-refractivity contribution in [2.24, 2.45) is 0 Å². The molecule has 1 aromatic carbocycles. The maximum absolute atomic E-state index is 12.0. The molecule has 1 aliphatic heterocycles. The lowest BCUT2D eigenvalue weighted by Gasteiger charge is -2.32. The fourth-order valence-corrected chi connectivity index (χ4v) is 2.76. The van der Waals surface area contributed by atoms with Gasteiger partial charge in [-0.05, 0) is 30.2 Å². The number of carbonyl (C=O) groups excluding carboxylic acids is 1. The van der Waals surface area contributed by atoms with E-state index in [1.807, 2.05) is 25.1 Å². The minimum absolute atomic E-state index is 0.0599. The first-order valence-electron chi connectivity index (χ1n) is 6.80. The molecule has 1 fully saturated rings. The lowest BCUT2D eigenvalue weighted by atomic mass is 9.94. The van der Waals surface area contributed by atoms with E-state index in [1.54, 1.807) is 0 Å². The van der Waals surface area contributed by atoms with E-state index < -0.39 is 5.60 Å². The second-order valence-corrected chi connectivity index (χ2v) is 6.28. The Labute approximate surface area is 127 Å². The zero-order valence-electron chi connectivity index (χ0n) is 11.6. The van der Waals surface area contributed by atoms with Gasteiger partial charge in [-0.1, -0.05) is 22.0 Å². The molecule has 5 heteroatoms. The maximum Gasteiger partial charge on any atom is 0.224 e. The molecule has 0 unspecified atom stereocenters. The number of halogens is 1. The van der Waals surface area contributed by atoms with Crippen LogP contribution in [0.5, 0.6) is 0 Å². The number of benzene rings is 1. The van der Waals surface area contributed by atoms with Crippen LogP contribution in [-0.2, 0) is 16.0 Å². The van der Waals surface area contributed by atoms with Crippen molar-refractivity contribution in [1.29, 1.82) is 0 Å². The predicted octanol–water partition coefficient (Wildman–Crippen LogP) is 1.96. The monoisotopic (exact) mass is 341 g/mol. The van der Waals surface area contributed by atoms with Crippen LogP contribution in [0.3, 0.4) is 0 Å². The summed E-state index contributed by atoms with van der Waals surface area (Å²) in [5.74, 6) is -0.0599. The van der Waals surface area contributed by atoms with E-state index in [0.29, 0.717) is 39.0 Å². The maximum atomic E-state index is 12.0. The number of aryl methyl sites for hydroxylation is 1. The molecule has 0 saturated carbocycles. The van der Waals surface area contributed by atoms with Gasteiger partial charge in [-0.3, -0.25) is 4.79 Å². The molecule has 2 rings (SSSR count). The third-order valence-corrected chi connectivity index (χ3v) is 4.19. The Morgan fingerprint density at radius 1 is 1.45 bits per heavy atom. The predicted molar refractivity (Wildman–Crippen MR) is 80.6 cm³/mol. The number of hydrogen-bond donors (Lipinski definition) is 2. The molecule has 0 bridgehead atoms. The first-order chi connectivity index (χ1) is 9.48. The summed E-state index contributed by atoms with van der Waals surface area (Å²) >= 11 is 3.41. The highest BCUT2D eigenvalue weighted by Gasteiger charge is 2.30. The molecule has 0 aliphatic carbocycles. The number of nitrogens with one attached hydrogen (secondary N) is 1. The van der Waals surface area contributed by atoms with Crippen LogP contribution >= 0.6 is 15.9 Å². The van der Waals surface area contributed by atoms with Gasteiger partial charge in [-0.2, -0.15) is 0 Å². The molecular weight excluding hydrogens is 322 g/mol. The van der Waals surface area contributed by atoms with E-state index in [9.17, 15) is 9.90 Å². The minimum atomic E-state index is -0.817. The van der Waals surface area contributed by atoms with Crippen LogP contribution in [0, 0.1) is 6.92 Å². The number of rotatable bonds is 4. The Kier molecular flexibility index (Phi) is 5.18. The summed E-state index contributed by atoms with van der Waals surface area (Å²) in [6.07, 6.45) is 1.49. The first kappa shape index (κ1) is 15.5. The highest BCUT2D eigenvalue weighted by atomic mass is 79.9. The van der Waals surface area contributed by atoms with Crippen molar-refractivity contribution in [1.82, 2.24) is 5.32 Å². The van der Waals surface area contributed by atoms with Crippen LogP contribution in [-0.4, -0.2) is 36.4 Å². The molecule has 1 saturated heterocycles. The molecular formula is C15H20BrNO3. The first-order valence-corrected chi connectivity index (χ1v) is 7.60. The number of aliphatic hydroxyl groups is 1. The van der Waals surface area contributed by atoms with Crippen molar-refractivity contribution in [2.75, 3.05) is 19.8 Å². The van der Waals surface area contributed by atoms with Crippen molar-refractivity contribution in [3.8, 4) is 0 Å². The Balaban J connectivity index is 1.86. The van der Waals surface area contributed by atoms with Crippen molar-refractivity contribution in [3.63, 3.8) is 0 Å². The SMILES string of the molecule is Cc1cc(Br)ccc1CC(=O)NCC1(O)CCOCC1. The van der Waals surface area contributed by atoms with Crippen molar-refractivity contribution in [3.05, 3.63) is 33.8 Å². The van der Waals surface area contributed by atoms with Crippen LogP contribution in [0.4, 0.5) is 0 Å². The summed E-state index contributed by atoms with van der Waals surface area (Å²) in [6.45, 7) is 3.39. The summed E-state index contributed by atoms with van der Waals surface area (Å²) in [5.41, 5.74) is 1.27. The molecule has 110 valence electrons. The largest absolute Gasteiger partial charge is 0.388 e. The molecule has 0 radical (unpaired) electrons. The molecule has 1 heterocycles. The molecule has 0 aromatic heterocycles. The fraction of sp³-hybridized carbons (Fsp3) is 0.533. The smallest absolute Gasteiger partial charge is 0.224 e. The quantitative estimate of drug-likeness (QED) is 0.880. The van der Waals surface area contributed by atoms with Crippen molar-refractivity contribution in [2.45, 2.75) is 31.8 Å². The Morgan fingerprint density at radius 2 is 2.15 bits per heavy atom. The van der Waals surface area contributed by atoms with Crippen molar-refractivity contribution >= 4 is 21.8 Å². The fourth-order valence-electron chi connectivity index (χ4n) is 2.28. The molecule has 1 aromatic rings. The third-order valence-electron chi connectivity index (χ3n) is 3.69. The average Bonchev–Trinajstić information content (AvgIpc) is 2.41. The van der Waals surface area contributed by atoms with Crippen LogP contribution in [0.15, 0.2) is 22.7 Å². The zero-order valence-corrected chi connectivity index (χ0v) is 13.2. The topological polar surface area (TPSA) is 58.6 Å². The molecule has 0 spiro atoms. The standard InChI is InChI=1S/C15H20BrNO3/c1-11-8-13(16)3-2-12(11)9-14(18)17-10-15(19)4-6-20-7-5-15/h2-3,8,19H,4-7,9-10H2,1H3,(H,17,18). The van der Waals surface area contributed by atoms with Gasteiger partial charge in [0.2, 0.25) is 5.91 Å². The van der Waals surface area contributed by atoms with Crippen molar-refractivity contribution < 1.29 is 14.6 Å². The second-order valence-electron chi connectivity index (χ2n) is 5.36. The van der Waals surface area contributed by atoms with Crippen LogP contribution in [0.1, 0.15) is 24.0 Å². The highest BCUT2D eigenvalue weighted by Crippen LogP contribution is 2.19. The van der Waals surface area contributed by atoms with E-state index in [1.165, 1.54) is 0 Å². The molecule has 1 amide bonds. The minimum Gasteiger partial charge on any atom is -0.388 e. The normalized spacial score (nSPS) is 17.8. The molecule has 1 aliphatic rings. The van der Waals surface area contributed by atoms with E-state index in [-0.39, 0.29) is 5.91 Å². The molecule has 0 atom stereocenters. The van der Waals surface area contributed by atoms with E-state index in [0.717, 1.165) is 15.6 Å². The van der Waals surface area contributed by atoms with E-state index >= 15 is 0 Å². The van der Waals surface area contributed by atoms with Gasteiger partial charge in [-0.25, -0.2) is 0 Å². The second kappa shape index (κ2) is 6.70. The number of hydrogen-bond acceptors (Lipinski definition) is 3. The lowest BCUT2D eigenvalue weighted by molar-refractivity contribution is -0.123. The Hall–Kier alpha value is -0.910.